The van der Waals surface area contributed by atoms with Crippen LogP contribution in [0.4, 0.5) is 5.69 Å². The molecule has 0 amide bonds. The summed E-state index contributed by atoms with van der Waals surface area (Å²) in [6.45, 7) is -0.0986. The minimum Gasteiger partial charge on any atom is -0.388 e. The maximum Gasteiger partial charge on any atom is 0.220 e. The van der Waals surface area contributed by atoms with Gasteiger partial charge in [-0.1, -0.05) is 6.42 Å². The fourth-order valence-electron chi connectivity index (χ4n) is 4.01. The number of nitrogens with zero attached hydrogens (tertiary/aromatic N) is 5. The third-order valence-corrected chi connectivity index (χ3v) is 5.21. The van der Waals surface area contributed by atoms with E-state index in [2.05, 4.69) is 15.0 Å². The molecule has 1 aromatic heterocycles. The maximum absolute atomic E-state index is 9.44. The molecule has 2 aliphatic rings. The first-order valence-corrected chi connectivity index (χ1v) is 8.60. The third-order valence-electron chi connectivity index (χ3n) is 5.21. The first kappa shape index (κ1) is 15.9. The molecule has 0 bridgehead atoms. The predicted molar refractivity (Wildman–Crippen MR) is 98.2 cm³/mol. The quantitative estimate of drug-likeness (QED) is 0.758. The fourth-order valence-corrected chi connectivity index (χ4v) is 4.01. The number of hydrogen-bond donors (Lipinski definition) is 3. The highest BCUT2D eigenvalue weighted by molar-refractivity contribution is 6.06. The number of aromatic nitrogens is 2. The van der Waals surface area contributed by atoms with E-state index < -0.39 is 5.66 Å². The molecule has 1 spiro atoms. The summed E-state index contributed by atoms with van der Waals surface area (Å²) in [7, 11) is 1.89. The average Bonchev–Trinajstić information content (AvgIpc) is 2.90. The first-order chi connectivity index (χ1) is 12.0. The van der Waals surface area contributed by atoms with Gasteiger partial charge in [0.1, 0.15) is 18.1 Å². The van der Waals surface area contributed by atoms with Gasteiger partial charge in [0, 0.05) is 12.7 Å². The zero-order valence-corrected chi connectivity index (χ0v) is 14.3. The summed E-state index contributed by atoms with van der Waals surface area (Å²) in [5, 5.41) is 9.44. The molecule has 1 saturated carbocycles. The SMILES string of the molecule is Cn1c(CO)nc2cc(N3C(N)=NC(N)=NC34CCCCC4)ccc21. The summed E-state index contributed by atoms with van der Waals surface area (Å²) in [5.41, 5.74) is 14.4. The average molecular weight is 341 g/mol. The molecule has 4 rings (SSSR count). The Kier molecular flexibility index (Phi) is 3.64. The number of anilines is 1. The molecule has 25 heavy (non-hydrogen) atoms. The molecule has 1 aliphatic heterocycles. The number of nitrogens with two attached hydrogens (primary N) is 2. The molecule has 1 aliphatic carbocycles. The number of aliphatic hydroxyl groups excluding tert-OH is 1. The maximum atomic E-state index is 9.44. The molecular weight excluding hydrogens is 318 g/mol. The van der Waals surface area contributed by atoms with Gasteiger partial charge in [-0.05, 0) is 43.9 Å². The van der Waals surface area contributed by atoms with Crippen molar-refractivity contribution >= 4 is 28.6 Å². The van der Waals surface area contributed by atoms with Crippen molar-refractivity contribution in [3.8, 4) is 0 Å². The summed E-state index contributed by atoms with van der Waals surface area (Å²) < 4.78 is 1.89. The van der Waals surface area contributed by atoms with Gasteiger partial charge in [0.15, 0.2) is 0 Å². The van der Waals surface area contributed by atoms with Gasteiger partial charge in [0.05, 0.1) is 11.0 Å². The number of aliphatic imine (C=N–C) groups is 2. The van der Waals surface area contributed by atoms with Gasteiger partial charge in [0.2, 0.25) is 11.9 Å². The van der Waals surface area contributed by atoms with E-state index in [0.717, 1.165) is 42.4 Å². The summed E-state index contributed by atoms with van der Waals surface area (Å²) in [6.07, 6.45) is 5.15. The van der Waals surface area contributed by atoms with E-state index >= 15 is 0 Å². The zero-order valence-electron chi connectivity index (χ0n) is 14.3. The van der Waals surface area contributed by atoms with Gasteiger partial charge in [0.25, 0.3) is 0 Å². The van der Waals surface area contributed by atoms with Crippen LogP contribution in [0.2, 0.25) is 0 Å². The van der Waals surface area contributed by atoms with Crippen molar-refractivity contribution in [1.29, 1.82) is 0 Å². The molecule has 0 saturated heterocycles. The Balaban J connectivity index is 1.83. The normalized spacial score (nSPS) is 20.0. The Morgan fingerprint density at radius 2 is 1.96 bits per heavy atom. The van der Waals surface area contributed by atoms with Gasteiger partial charge in [-0.15, -0.1) is 0 Å². The van der Waals surface area contributed by atoms with Gasteiger partial charge in [-0.3, -0.25) is 4.90 Å². The minimum absolute atomic E-state index is 0.0986. The molecule has 1 fully saturated rings. The second-order valence-electron chi connectivity index (χ2n) is 6.74. The minimum atomic E-state index is -0.462. The lowest BCUT2D eigenvalue weighted by Crippen LogP contribution is -2.58. The number of imidazole rings is 1. The molecule has 0 unspecified atom stereocenters. The Hall–Kier alpha value is -2.61. The molecule has 2 aromatic rings. The molecular formula is C17H23N7O. The predicted octanol–water partition coefficient (Wildman–Crippen LogP) is 1.18. The molecule has 132 valence electrons. The highest BCUT2D eigenvalue weighted by Crippen LogP contribution is 2.40. The van der Waals surface area contributed by atoms with E-state index in [1.807, 2.05) is 34.7 Å². The number of fused-ring (bicyclic) bond motifs is 1. The highest BCUT2D eigenvalue weighted by atomic mass is 16.3. The van der Waals surface area contributed by atoms with Crippen LogP contribution >= 0.6 is 0 Å². The van der Waals surface area contributed by atoms with Crippen LogP contribution in [-0.4, -0.2) is 32.2 Å². The third kappa shape index (κ3) is 2.44. The second kappa shape index (κ2) is 5.73. The molecule has 5 N–H and O–H groups in total. The number of benzene rings is 1. The van der Waals surface area contributed by atoms with E-state index in [1.165, 1.54) is 6.42 Å². The number of rotatable bonds is 2. The monoisotopic (exact) mass is 341 g/mol. The largest absolute Gasteiger partial charge is 0.388 e. The van der Waals surface area contributed by atoms with Crippen molar-refractivity contribution in [2.24, 2.45) is 28.5 Å². The van der Waals surface area contributed by atoms with Crippen molar-refractivity contribution in [2.45, 2.75) is 44.4 Å². The molecule has 0 atom stereocenters. The lowest BCUT2D eigenvalue weighted by atomic mass is 9.87. The van der Waals surface area contributed by atoms with Crippen LogP contribution in [0.1, 0.15) is 37.9 Å². The number of guanidine groups is 2. The van der Waals surface area contributed by atoms with Crippen LogP contribution in [-0.2, 0) is 13.7 Å². The van der Waals surface area contributed by atoms with Crippen LogP contribution < -0.4 is 16.4 Å². The number of aryl methyl sites for hydroxylation is 1. The summed E-state index contributed by atoms with van der Waals surface area (Å²) >= 11 is 0. The summed E-state index contributed by atoms with van der Waals surface area (Å²) in [5.74, 6) is 1.24. The Labute approximate surface area is 145 Å². The van der Waals surface area contributed by atoms with Crippen LogP contribution in [0.5, 0.6) is 0 Å². The Bertz CT molecular complexity index is 876. The van der Waals surface area contributed by atoms with Crippen molar-refractivity contribution in [3.05, 3.63) is 24.0 Å². The lowest BCUT2D eigenvalue weighted by Gasteiger charge is -2.45. The van der Waals surface area contributed by atoms with E-state index in [1.54, 1.807) is 0 Å². The molecule has 2 heterocycles. The van der Waals surface area contributed by atoms with Crippen molar-refractivity contribution in [2.75, 3.05) is 4.90 Å². The topological polar surface area (TPSA) is 118 Å². The van der Waals surface area contributed by atoms with Crippen molar-refractivity contribution in [1.82, 2.24) is 9.55 Å². The van der Waals surface area contributed by atoms with Crippen LogP contribution in [0, 0.1) is 0 Å². The standard InChI is InChI=1S/C17H23N7O/c1-23-13-6-5-11(9-12(13)20-14(23)10-25)24-16(19)21-15(18)22-17(24)7-3-2-4-8-17/h5-6,9,25H,2-4,7-8,10H2,1H3,(H4,18,19,21,22). The summed E-state index contributed by atoms with van der Waals surface area (Å²) in [6, 6.07) is 5.97. The first-order valence-electron chi connectivity index (χ1n) is 8.60. The molecule has 0 radical (unpaired) electrons. The molecule has 8 heteroatoms. The van der Waals surface area contributed by atoms with E-state index in [-0.39, 0.29) is 12.6 Å². The molecule has 8 nitrogen and oxygen atoms in total. The van der Waals surface area contributed by atoms with Crippen LogP contribution in [0.3, 0.4) is 0 Å². The highest BCUT2D eigenvalue weighted by Gasteiger charge is 2.42. The van der Waals surface area contributed by atoms with Gasteiger partial charge < -0.3 is 21.1 Å². The number of aliphatic hydroxyl groups is 1. The fraction of sp³-hybridized carbons (Fsp3) is 0.471. The van der Waals surface area contributed by atoms with Crippen LogP contribution in [0.15, 0.2) is 28.2 Å². The van der Waals surface area contributed by atoms with Crippen molar-refractivity contribution < 1.29 is 5.11 Å². The second-order valence-corrected chi connectivity index (χ2v) is 6.74. The zero-order chi connectivity index (χ0) is 17.6. The molecule has 1 aromatic carbocycles. The van der Waals surface area contributed by atoms with Gasteiger partial charge in [-0.2, -0.15) is 4.99 Å². The van der Waals surface area contributed by atoms with Crippen LogP contribution in [0.25, 0.3) is 11.0 Å². The van der Waals surface area contributed by atoms with E-state index in [4.69, 9.17) is 11.5 Å². The van der Waals surface area contributed by atoms with E-state index in [9.17, 15) is 5.11 Å². The van der Waals surface area contributed by atoms with Crippen molar-refractivity contribution in [3.63, 3.8) is 0 Å². The smallest absolute Gasteiger partial charge is 0.220 e. The Morgan fingerprint density at radius 3 is 2.68 bits per heavy atom. The van der Waals surface area contributed by atoms with Gasteiger partial charge >= 0.3 is 0 Å². The lowest BCUT2D eigenvalue weighted by molar-refractivity contribution is 0.268. The summed E-state index contributed by atoms with van der Waals surface area (Å²) in [4.78, 5) is 15.4. The Morgan fingerprint density at radius 1 is 1.20 bits per heavy atom. The number of hydrogen-bond acceptors (Lipinski definition) is 7. The van der Waals surface area contributed by atoms with Gasteiger partial charge in [-0.25, -0.2) is 9.98 Å². The van der Waals surface area contributed by atoms with E-state index in [0.29, 0.717) is 11.8 Å².